The van der Waals surface area contributed by atoms with Crippen LogP contribution in [-0.2, 0) is 0 Å². The van der Waals surface area contributed by atoms with Crippen molar-refractivity contribution in [1.82, 2.24) is 20.0 Å². The Labute approximate surface area is 55.9 Å². The van der Waals surface area contributed by atoms with Crippen molar-refractivity contribution < 1.29 is 5.11 Å². The van der Waals surface area contributed by atoms with Gasteiger partial charge in [-0.25, -0.2) is 0 Å². The molecule has 2 aromatic rings. The number of rotatable bonds is 0. The van der Waals surface area contributed by atoms with E-state index in [0.717, 1.165) is 0 Å². The molecule has 0 aromatic carbocycles. The van der Waals surface area contributed by atoms with Crippen molar-refractivity contribution >= 4 is 5.65 Å². The summed E-state index contributed by atoms with van der Waals surface area (Å²) in [6.07, 6.45) is 1.66. The summed E-state index contributed by atoms with van der Waals surface area (Å²) in [5.74, 6) is 0.0903. The van der Waals surface area contributed by atoms with Gasteiger partial charge >= 0.3 is 0 Å². The minimum Gasteiger partial charge on any atom is -0.504 e. The molecule has 5 heteroatoms. The van der Waals surface area contributed by atoms with Crippen LogP contribution >= 0.6 is 0 Å². The number of tetrazole rings is 1. The molecule has 0 aliphatic heterocycles. The molecule has 0 aliphatic carbocycles. The summed E-state index contributed by atoms with van der Waals surface area (Å²) in [5, 5.41) is 19.6. The molecule has 0 saturated heterocycles. The molecule has 2 rings (SSSR count). The molecule has 1 N–H and O–H groups in total. The molecule has 10 heavy (non-hydrogen) atoms. The molecule has 0 radical (unpaired) electrons. The molecule has 0 bridgehead atoms. The summed E-state index contributed by atoms with van der Waals surface area (Å²) < 4.78 is 1.40. The predicted molar refractivity (Wildman–Crippen MR) is 32.4 cm³/mol. The van der Waals surface area contributed by atoms with E-state index in [0.29, 0.717) is 5.65 Å². The van der Waals surface area contributed by atoms with E-state index >= 15 is 0 Å². The van der Waals surface area contributed by atoms with E-state index in [2.05, 4.69) is 15.5 Å². The van der Waals surface area contributed by atoms with E-state index in [1.54, 1.807) is 12.3 Å². The zero-order chi connectivity index (χ0) is 6.97. The van der Waals surface area contributed by atoms with Gasteiger partial charge in [0.15, 0.2) is 5.75 Å². The fourth-order valence-corrected chi connectivity index (χ4v) is 0.753. The molecule has 5 nitrogen and oxygen atoms in total. The third-order valence-electron chi connectivity index (χ3n) is 1.20. The lowest BCUT2D eigenvalue weighted by Gasteiger charge is -1.89. The SMILES string of the molecule is Oc1cccn2nnnc12. The highest BCUT2D eigenvalue weighted by molar-refractivity contribution is 5.49. The van der Waals surface area contributed by atoms with E-state index in [-0.39, 0.29) is 5.75 Å². The van der Waals surface area contributed by atoms with Gasteiger partial charge in [0.25, 0.3) is 0 Å². The van der Waals surface area contributed by atoms with Crippen LogP contribution in [0, 0.1) is 0 Å². The van der Waals surface area contributed by atoms with Gasteiger partial charge in [0.05, 0.1) is 0 Å². The Balaban J connectivity index is 2.95. The maximum absolute atomic E-state index is 9.10. The zero-order valence-electron chi connectivity index (χ0n) is 4.97. The van der Waals surface area contributed by atoms with Gasteiger partial charge in [0.2, 0.25) is 5.65 Å². The van der Waals surface area contributed by atoms with Crippen molar-refractivity contribution in [2.75, 3.05) is 0 Å². The fraction of sp³-hybridized carbons (Fsp3) is 0. The first-order valence-corrected chi connectivity index (χ1v) is 2.73. The van der Waals surface area contributed by atoms with Crippen molar-refractivity contribution in [3.63, 3.8) is 0 Å². The third kappa shape index (κ3) is 0.540. The fourth-order valence-electron chi connectivity index (χ4n) is 0.753. The van der Waals surface area contributed by atoms with Crippen LogP contribution in [0.15, 0.2) is 18.3 Å². The van der Waals surface area contributed by atoms with Crippen LogP contribution in [0.5, 0.6) is 5.75 Å². The van der Waals surface area contributed by atoms with Crippen molar-refractivity contribution in [3.05, 3.63) is 18.3 Å². The lowest BCUT2D eigenvalue weighted by Crippen LogP contribution is -1.84. The molecule has 0 unspecified atom stereocenters. The van der Waals surface area contributed by atoms with E-state index in [1.807, 2.05) is 0 Å². The Bertz CT molecular complexity index is 355. The van der Waals surface area contributed by atoms with Crippen LogP contribution in [0.1, 0.15) is 0 Å². The maximum atomic E-state index is 9.10. The van der Waals surface area contributed by atoms with Gasteiger partial charge in [-0.15, -0.1) is 5.10 Å². The number of hydrogen-bond donors (Lipinski definition) is 1. The van der Waals surface area contributed by atoms with Gasteiger partial charge in [0, 0.05) is 6.20 Å². The number of hydrogen-bond acceptors (Lipinski definition) is 4. The zero-order valence-corrected chi connectivity index (χ0v) is 4.97. The monoisotopic (exact) mass is 136 g/mol. The lowest BCUT2D eigenvalue weighted by atomic mass is 10.4. The number of nitrogens with zero attached hydrogens (tertiary/aromatic N) is 4. The Morgan fingerprint density at radius 2 is 2.40 bits per heavy atom. The van der Waals surface area contributed by atoms with Crippen molar-refractivity contribution in [3.8, 4) is 5.75 Å². The van der Waals surface area contributed by atoms with Crippen LogP contribution in [-0.4, -0.2) is 25.1 Å². The Kier molecular flexibility index (Phi) is 0.858. The maximum Gasteiger partial charge on any atom is 0.221 e. The Morgan fingerprint density at radius 1 is 1.50 bits per heavy atom. The van der Waals surface area contributed by atoms with Crippen LogP contribution in [0.3, 0.4) is 0 Å². The molecular formula is C5H4N4O. The summed E-state index contributed by atoms with van der Waals surface area (Å²) in [6.45, 7) is 0. The topological polar surface area (TPSA) is 63.3 Å². The molecule has 0 saturated carbocycles. The van der Waals surface area contributed by atoms with E-state index in [4.69, 9.17) is 5.11 Å². The first kappa shape index (κ1) is 5.16. The minimum atomic E-state index is 0.0903. The molecule has 2 heterocycles. The highest BCUT2D eigenvalue weighted by Crippen LogP contribution is 2.11. The van der Waals surface area contributed by atoms with Gasteiger partial charge in [-0.1, -0.05) is 0 Å². The van der Waals surface area contributed by atoms with E-state index in [9.17, 15) is 0 Å². The molecule has 50 valence electrons. The smallest absolute Gasteiger partial charge is 0.221 e. The van der Waals surface area contributed by atoms with Gasteiger partial charge in [0.1, 0.15) is 0 Å². The van der Waals surface area contributed by atoms with Gasteiger partial charge in [-0.2, -0.15) is 4.52 Å². The van der Waals surface area contributed by atoms with Gasteiger partial charge in [-0.05, 0) is 22.6 Å². The second-order valence-electron chi connectivity index (χ2n) is 1.84. The van der Waals surface area contributed by atoms with Crippen LogP contribution in [0.25, 0.3) is 5.65 Å². The number of pyridine rings is 1. The second kappa shape index (κ2) is 1.66. The summed E-state index contributed by atoms with van der Waals surface area (Å²) in [7, 11) is 0. The number of fused-ring (bicyclic) bond motifs is 1. The number of aromatic hydroxyl groups is 1. The van der Waals surface area contributed by atoms with Crippen LogP contribution < -0.4 is 0 Å². The molecule has 2 aromatic heterocycles. The normalized spacial score (nSPS) is 10.4. The van der Waals surface area contributed by atoms with Crippen molar-refractivity contribution in [2.24, 2.45) is 0 Å². The van der Waals surface area contributed by atoms with E-state index < -0.39 is 0 Å². The first-order chi connectivity index (χ1) is 4.88. The lowest BCUT2D eigenvalue weighted by molar-refractivity contribution is 0.477. The molecule has 0 spiro atoms. The molecule has 0 amide bonds. The second-order valence-corrected chi connectivity index (χ2v) is 1.84. The number of aromatic nitrogens is 4. The summed E-state index contributed by atoms with van der Waals surface area (Å²) in [4.78, 5) is 0. The largest absolute Gasteiger partial charge is 0.504 e. The molecular weight excluding hydrogens is 132 g/mol. The third-order valence-corrected chi connectivity index (χ3v) is 1.20. The first-order valence-electron chi connectivity index (χ1n) is 2.73. The highest BCUT2D eigenvalue weighted by atomic mass is 16.3. The van der Waals surface area contributed by atoms with Crippen molar-refractivity contribution in [1.29, 1.82) is 0 Å². The quantitative estimate of drug-likeness (QED) is 0.546. The summed E-state index contributed by atoms with van der Waals surface area (Å²) in [6, 6.07) is 3.20. The van der Waals surface area contributed by atoms with Crippen LogP contribution in [0.4, 0.5) is 0 Å². The van der Waals surface area contributed by atoms with Crippen LogP contribution in [0.2, 0.25) is 0 Å². The average Bonchev–Trinajstić information content (AvgIpc) is 2.36. The Hall–Kier alpha value is -1.65. The van der Waals surface area contributed by atoms with Gasteiger partial charge < -0.3 is 5.11 Å². The van der Waals surface area contributed by atoms with Crippen molar-refractivity contribution in [2.45, 2.75) is 0 Å². The molecule has 0 fully saturated rings. The van der Waals surface area contributed by atoms with Gasteiger partial charge in [-0.3, -0.25) is 0 Å². The summed E-state index contributed by atoms with van der Waals surface area (Å²) in [5.41, 5.74) is 0.377. The molecule has 0 atom stereocenters. The highest BCUT2D eigenvalue weighted by Gasteiger charge is 1.99. The average molecular weight is 136 g/mol. The predicted octanol–water partition coefficient (Wildman–Crippen LogP) is -0.170. The molecule has 0 aliphatic rings. The summed E-state index contributed by atoms with van der Waals surface area (Å²) >= 11 is 0. The van der Waals surface area contributed by atoms with E-state index in [1.165, 1.54) is 10.6 Å². The Morgan fingerprint density at radius 3 is 3.20 bits per heavy atom. The minimum absolute atomic E-state index is 0.0903. The standard InChI is InChI=1S/C5H4N4O/c10-4-2-1-3-9-5(4)6-7-8-9/h1-3,10H.